The minimum Gasteiger partial charge on any atom is -0.505 e. The van der Waals surface area contributed by atoms with Crippen LogP contribution < -0.4 is 4.74 Å². The van der Waals surface area contributed by atoms with E-state index in [1.54, 1.807) is 0 Å². The van der Waals surface area contributed by atoms with Crippen molar-refractivity contribution in [3.63, 3.8) is 0 Å². The van der Waals surface area contributed by atoms with Gasteiger partial charge < -0.3 is 14.9 Å². The van der Waals surface area contributed by atoms with Gasteiger partial charge in [-0.05, 0) is 0 Å². The first kappa shape index (κ1) is 13.0. The van der Waals surface area contributed by atoms with Crippen molar-refractivity contribution in [3.8, 4) is 11.5 Å². The number of hydrogen-bond acceptors (Lipinski definition) is 4. The van der Waals surface area contributed by atoms with Crippen molar-refractivity contribution in [2.24, 2.45) is 0 Å². The molecule has 0 bridgehead atoms. The van der Waals surface area contributed by atoms with E-state index in [0.29, 0.717) is 6.07 Å². The van der Waals surface area contributed by atoms with Crippen molar-refractivity contribution in [1.82, 2.24) is 4.98 Å². The molecule has 1 heterocycles. The maximum Gasteiger partial charge on any atom is 0.573 e. The van der Waals surface area contributed by atoms with Crippen molar-refractivity contribution >= 4 is 5.97 Å². The van der Waals surface area contributed by atoms with Gasteiger partial charge in [0.25, 0.3) is 0 Å². The second-order valence-electron chi connectivity index (χ2n) is 2.79. The molecule has 1 aromatic heterocycles. The zero-order valence-electron chi connectivity index (χ0n) is 7.95. The number of rotatable bonds is 3. The molecule has 9 heteroatoms. The van der Waals surface area contributed by atoms with Crippen molar-refractivity contribution in [2.75, 3.05) is 0 Å². The van der Waals surface area contributed by atoms with Crippen molar-refractivity contribution in [3.05, 3.63) is 17.5 Å². The number of alkyl halides is 4. The van der Waals surface area contributed by atoms with Gasteiger partial charge in [0.05, 0.1) is 0 Å². The Morgan fingerprint density at radius 2 is 2.06 bits per heavy atom. The fraction of sp³-hybridized carbons (Fsp3) is 0.250. The van der Waals surface area contributed by atoms with Crippen LogP contribution in [0.25, 0.3) is 0 Å². The molecular weight excluding hydrogens is 250 g/mol. The number of aromatic hydroxyl groups is 1. The summed E-state index contributed by atoms with van der Waals surface area (Å²) in [6, 6.07) is 0.346. The number of nitrogens with zero attached hydrogens (tertiary/aromatic N) is 1. The lowest BCUT2D eigenvalue weighted by Crippen LogP contribution is -2.19. The van der Waals surface area contributed by atoms with E-state index >= 15 is 0 Å². The summed E-state index contributed by atoms with van der Waals surface area (Å²) in [5.74, 6) is -3.83. The molecule has 17 heavy (non-hydrogen) atoms. The van der Waals surface area contributed by atoms with E-state index in [4.69, 9.17) is 10.2 Å². The van der Waals surface area contributed by atoms with E-state index in [1.165, 1.54) is 0 Å². The summed E-state index contributed by atoms with van der Waals surface area (Å²) < 4.78 is 51.4. The standard InChI is InChI=1S/C8H5F4NO4/c9-2-3-5(17-8(10,11)12)1-4(14)6(13-3)7(15)16/h1,14H,2H2,(H,15,16). The smallest absolute Gasteiger partial charge is 0.505 e. The Labute approximate surface area is 91.3 Å². The Kier molecular flexibility index (Phi) is 3.39. The molecule has 0 spiro atoms. The quantitative estimate of drug-likeness (QED) is 0.806. The summed E-state index contributed by atoms with van der Waals surface area (Å²) in [6.45, 7) is -1.47. The number of pyridine rings is 1. The zero-order chi connectivity index (χ0) is 13.2. The molecule has 0 aliphatic carbocycles. The molecule has 1 aromatic rings. The van der Waals surface area contributed by atoms with Crippen LogP contribution >= 0.6 is 0 Å². The van der Waals surface area contributed by atoms with Gasteiger partial charge in [-0.15, -0.1) is 13.2 Å². The Balaban J connectivity index is 3.24. The van der Waals surface area contributed by atoms with Crippen LogP contribution in [0.1, 0.15) is 16.2 Å². The third-order valence-electron chi connectivity index (χ3n) is 1.60. The predicted octanol–water partition coefficient (Wildman–Crippen LogP) is 1.85. The van der Waals surface area contributed by atoms with E-state index in [-0.39, 0.29) is 0 Å². The number of halogens is 4. The number of hydrogen-bond donors (Lipinski definition) is 2. The average molecular weight is 255 g/mol. The van der Waals surface area contributed by atoms with E-state index in [0.717, 1.165) is 0 Å². The van der Waals surface area contributed by atoms with Crippen molar-refractivity contribution in [2.45, 2.75) is 13.0 Å². The number of carboxylic acid groups (broad SMARTS) is 1. The molecule has 0 aliphatic heterocycles. The van der Waals surface area contributed by atoms with Gasteiger partial charge >= 0.3 is 12.3 Å². The van der Waals surface area contributed by atoms with Gasteiger partial charge in [-0.2, -0.15) is 0 Å². The fourth-order valence-corrected chi connectivity index (χ4v) is 0.989. The molecule has 0 aliphatic rings. The average Bonchev–Trinajstić information content (AvgIpc) is 2.14. The molecule has 0 atom stereocenters. The van der Waals surface area contributed by atoms with Gasteiger partial charge in [-0.3, -0.25) is 0 Å². The summed E-state index contributed by atoms with van der Waals surface area (Å²) >= 11 is 0. The molecule has 94 valence electrons. The minimum atomic E-state index is -5.09. The SMILES string of the molecule is O=C(O)c1nc(CF)c(OC(F)(F)F)cc1O. The van der Waals surface area contributed by atoms with Gasteiger partial charge in [-0.1, -0.05) is 0 Å². The Bertz CT molecular complexity index is 446. The van der Waals surface area contributed by atoms with Crippen LogP contribution in [0.4, 0.5) is 17.6 Å². The number of aromatic carboxylic acids is 1. The highest BCUT2D eigenvalue weighted by molar-refractivity contribution is 5.88. The van der Waals surface area contributed by atoms with Gasteiger partial charge in [0.2, 0.25) is 0 Å². The third-order valence-corrected chi connectivity index (χ3v) is 1.60. The van der Waals surface area contributed by atoms with Crippen molar-refractivity contribution < 1.29 is 37.3 Å². The molecule has 0 saturated heterocycles. The Hall–Kier alpha value is -2.06. The summed E-state index contributed by atoms with van der Waals surface area (Å²) in [5, 5.41) is 17.6. The Morgan fingerprint density at radius 1 is 1.47 bits per heavy atom. The predicted molar refractivity (Wildman–Crippen MR) is 44.4 cm³/mol. The topological polar surface area (TPSA) is 79.7 Å². The first-order valence-electron chi connectivity index (χ1n) is 4.02. The third kappa shape index (κ3) is 3.20. The number of aromatic nitrogens is 1. The Morgan fingerprint density at radius 3 is 2.47 bits per heavy atom. The molecule has 1 rings (SSSR count). The monoisotopic (exact) mass is 255 g/mol. The van der Waals surface area contributed by atoms with E-state index < -0.39 is 41.9 Å². The summed E-state index contributed by atoms with van der Waals surface area (Å²) in [7, 11) is 0. The maximum absolute atomic E-state index is 12.4. The van der Waals surface area contributed by atoms with Crippen LogP contribution in [0.15, 0.2) is 6.07 Å². The normalized spacial score (nSPS) is 11.3. The molecule has 0 amide bonds. The molecule has 2 N–H and O–H groups in total. The highest BCUT2D eigenvalue weighted by Gasteiger charge is 2.33. The van der Waals surface area contributed by atoms with E-state index in [1.807, 2.05) is 0 Å². The van der Waals surface area contributed by atoms with Crippen molar-refractivity contribution in [1.29, 1.82) is 0 Å². The molecule has 0 unspecified atom stereocenters. The summed E-state index contributed by atoms with van der Waals surface area (Å²) in [4.78, 5) is 13.5. The van der Waals surface area contributed by atoms with Gasteiger partial charge in [-0.25, -0.2) is 14.2 Å². The fourth-order valence-electron chi connectivity index (χ4n) is 0.989. The molecule has 5 nitrogen and oxygen atoms in total. The molecule has 0 aromatic carbocycles. The number of ether oxygens (including phenoxy) is 1. The second-order valence-corrected chi connectivity index (χ2v) is 2.79. The highest BCUT2D eigenvalue weighted by atomic mass is 19.4. The van der Waals surface area contributed by atoms with Gasteiger partial charge in [0.1, 0.15) is 12.4 Å². The molecule has 0 fully saturated rings. The largest absolute Gasteiger partial charge is 0.573 e. The minimum absolute atomic E-state index is 0.346. The first-order valence-corrected chi connectivity index (χ1v) is 4.02. The molecular formula is C8H5F4NO4. The zero-order valence-corrected chi connectivity index (χ0v) is 7.95. The summed E-state index contributed by atoms with van der Waals surface area (Å²) in [6.07, 6.45) is -5.09. The van der Waals surface area contributed by atoms with E-state index in [9.17, 15) is 22.4 Å². The van der Waals surface area contributed by atoms with Gasteiger partial charge in [0.15, 0.2) is 17.2 Å². The lowest BCUT2D eigenvalue weighted by atomic mass is 10.2. The number of carboxylic acids is 1. The molecule has 0 saturated carbocycles. The van der Waals surface area contributed by atoms with Crippen LogP contribution in [0, 0.1) is 0 Å². The number of carbonyl (C=O) groups is 1. The lowest BCUT2D eigenvalue weighted by Gasteiger charge is -2.12. The lowest BCUT2D eigenvalue weighted by molar-refractivity contribution is -0.275. The van der Waals surface area contributed by atoms with Gasteiger partial charge in [0, 0.05) is 6.07 Å². The van der Waals surface area contributed by atoms with Crippen LogP contribution in [-0.4, -0.2) is 27.5 Å². The highest BCUT2D eigenvalue weighted by Crippen LogP contribution is 2.30. The first-order chi connectivity index (χ1) is 7.74. The van der Waals surface area contributed by atoms with Crippen LogP contribution in [-0.2, 0) is 6.67 Å². The van der Waals surface area contributed by atoms with Crippen LogP contribution in [0.5, 0.6) is 11.5 Å². The summed E-state index contributed by atoms with van der Waals surface area (Å²) in [5.41, 5.74) is -1.82. The maximum atomic E-state index is 12.4. The second kappa shape index (κ2) is 4.44. The van der Waals surface area contributed by atoms with Crippen LogP contribution in [0.2, 0.25) is 0 Å². The van der Waals surface area contributed by atoms with Crippen LogP contribution in [0.3, 0.4) is 0 Å². The molecule has 0 radical (unpaired) electrons. The van der Waals surface area contributed by atoms with E-state index in [2.05, 4.69) is 9.72 Å².